The lowest BCUT2D eigenvalue weighted by molar-refractivity contribution is -0.119. The monoisotopic (exact) mass is 494 g/mol. The number of rotatable bonds is 10. The first-order chi connectivity index (χ1) is 16.9. The number of benzene rings is 3. The maximum absolute atomic E-state index is 13.1. The van der Waals surface area contributed by atoms with Gasteiger partial charge >= 0.3 is 0 Å². The molecule has 0 heterocycles. The molecule has 3 N–H and O–H groups in total. The molecular formula is C26H26N2O6S. The van der Waals surface area contributed by atoms with Crippen molar-refractivity contribution in [1.29, 1.82) is 0 Å². The highest BCUT2D eigenvalue weighted by atomic mass is 32.2. The lowest BCUT2D eigenvalue weighted by atomic mass is 10.0. The van der Waals surface area contributed by atoms with E-state index in [2.05, 4.69) is 5.32 Å². The first kappa shape index (κ1) is 25.6. The number of carbonyl (C=O) groups is 3. The number of primary amides is 1. The van der Waals surface area contributed by atoms with E-state index in [1.54, 1.807) is 36.4 Å². The lowest BCUT2D eigenvalue weighted by Gasteiger charge is -2.17. The summed E-state index contributed by atoms with van der Waals surface area (Å²) in [7, 11) is 4.40. The van der Waals surface area contributed by atoms with E-state index in [4.69, 9.17) is 19.9 Å². The van der Waals surface area contributed by atoms with Crippen LogP contribution in [0.4, 0.5) is 0 Å². The fraction of sp³-hybridized carbons (Fsp3) is 0.192. The normalized spacial score (nSPS) is 11.3. The highest BCUT2D eigenvalue weighted by Crippen LogP contribution is 2.39. The standard InChI is InChI=1S/C26H26N2O6S/c1-32-20-14-17(15-21(33-2)23(20)34-3)26(31)35-22-12-8-7-11-18(22)25(30)28-19(24(27)29)13-16-9-5-4-6-10-16/h4-12,14-15,19H,13H2,1-3H3,(H2,27,29)(H,28,30)/t19-/m1/s1. The molecule has 182 valence electrons. The Bertz CT molecular complexity index is 1190. The maximum Gasteiger partial charge on any atom is 0.253 e. The largest absolute Gasteiger partial charge is 0.493 e. The third kappa shape index (κ3) is 6.33. The van der Waals surface area contributed by atoms with Gasteiger partial charge in [0.15, 0.2) is 11.5 Å². The minimum atomic E-state index is -0.909. The number of hydrogen-bond acceptors (Lipinski definition) is 7. The van der Waals surface area contributed by atoms with Crippen molar-refractivity contribution in [2.75, 3.05) is 21.3 Å². The zero-order valence-electron chi connectivity index (χ0n) is 19.6. The molecule has 0 aromatic heterocycles. The van der Waals surface area contributed by atoms with Crippen molar-refractivity contribution in [3.8, 4) is 17.2 Å². The van der Waals surface area contributed by atoms with Crippen LogP contribution in [-0.2, 0) is 11.2 Å². The molecule has 0 aliphatic carbocycles. The van der Waals surface area contributed by atoms with Crippen LogP contribution in [0, 0.1) is 0 Å². The highest BCUT2D eigenvalue weighted by Gasteiger charge is 2.23. The zero-order chi connectivity index (χ0) is 25.4. The summed E-state index contributed by atoms with van der Waals surface area (Å²) in [5, 5.41) is 2.36. The van der Waals surface area contributed by atoms with E-state index in [0.29, 0.717) is 27.7 Å². The number of nitrogens with two attached hydrogens (primary N) is 1. The van der Waals surface area contributed by atoms with Crippen LogP contribution in [0.5, 0.6) is 17.2 Å². The fourth-order valence-corrected chi connectivity index (χ4v) is 4.26. The van der Waals surface area contributed by atoms with Gasteiger partial charge in [-0.05, 0) is 41.6 Å². The second-order valence-corrected chi connectivity index (χ2v) is 8.43. The third-order valence-corrected chi connectivity index (χ3v) is 6.16. The number of methoxy groups -OCH3 is 3. The lowest BCUT2D eigenvalue weighted by Crippen LogP contribution is -2.46. The summed E-state index contributed by atoms with van der Waals surface area (Å²) in [6.07, 6.45) is 0.252. The van der Waals surface area contributed by atoms with Crippen LogP contribution in [0.3, 0.4) is 0 Å². The molecule has 0 saturated heterocycles. The number of carbonyl (C=O) groups excluding carboxylic acids is 3. The van der Waals surface area contributed by atoms with Crippen molar-refractivity contribution >= 4 is 28.7 Å². The number of hydrogen-bond donors (Lipinski definition) is 2. The number of thioether (sulfide) groups is 1. The van der Waals surface area contributed by atoms with Crippen molar-refractivity contribution in [1.82, 2.24) is 5.32 Å². The van der Waals surface area contributed by atoms with E-state index in [0.717, 1.165) is 17.3 Å². The third-order valence-electron chi connectivity index (χ3n) is 5.17. The predicted octanol–water partition coefficient (Wildman–Crippen LogP) is 3.47. The van der Waals surface area contributed by atoms with E-state index < -0.39 is 17.9 Å². The van der Waals surface area contributed by atoms with E-state index in [-0.39, 0.29) is 17.1 Å². The van der Waals surface area contributed by atoms with Crippen LogP contribution in [-0.4, -0.2) is 44.3 Å². The van der Waals surface area contributed by atoms with Crippen LogP contribution in [0.1, 0.15) is 26.3 Å². The molecule has 35 heavy (non-hydrogen) atoms. The van der Waals surface area contributed by atoms with Crippen LogP contribution < -0.4 is 25.3 Å². The van der Waals surface area contributed by atoms with E-state index in [1.165, 1.54) is 21.3 Å². The van der Waals surface area contributed by atoms with Gasteiger partial charge in [-0.2, -0.15) is 0 Å². The molecule has 0 aliphatic heterocycles. The molecule has 0 radical (unpaired) electrons. The minimum absolute atomic E-state index is 0.248. The molecule has 0 aliphatic rings. The first-order valence-electron chi connectivity index (χ1n) is 10.6. The Kier molecular flexibility index (Phi) is 8.74. The van der Waals surface area contributed by atoms with E-state index >= 15 is 0 Å². The Hall–Kier alpha value is -3.98. The van der Waals surface area contributed by atoms with Gasteiger partial charge in [0.25, 0.3) is 5.91 Å². The molecule has 0 unspecified atom stereocenters. The van der Waals surface area contributed by atoms with Gasteiger partial charge in [0, 0.05) is 16.9 Å². The zero-order valence-corrected chi connectivity index (χ0v) is 20.4. The van der Waals surface area contributed by atoms with Gasteiger partial charge in [0.1, 0.15) is 6.04 Å². The maximum atomic E-state index is 13.1. The van der Waals surface area contributed by atoms with Gasteiger partial charge in [-0.25, -0.2) is 0 Å². The van der Waals surface area contributed by atoms with Gasteiger partial charge < -0.3 is 25.3 Å². The molecule has 3 rings (SSSR count). The summed E-state index contributed by atoms with van der Waals surface area (Å²) in [6.45, 7) is 0. The van der Waals surface area contributed by atoms with Crippen LogP contribution in [0.25, 0.3) is 0 Å². The van der Waals surface area contributed by atoms with Crippen LogP contribution in [0.2, 0.25) is 0 Å². The fourth-order valence-electron chi connectivity index (χ4n) is 3.41. The smallest absolute Gasteiger partial charge is 0.253 e. The summed E-state index contributed by atoms with van der Waals surface area (Å²) in [5.41, 5.74) is 6.95. The summed E-state index contributed by atoms with van der Waals surface area (Å²) in [4.78, 5) is 38.6. The Balaban J connectivity index is 1.83. The summed E-state index contributed by atoms with van der Waals surface area (Å²) < 4.78 is 15.9. The molecule has 3 aromatic rings. The Labute approximate surface area is 207 Å². The molecule has 0 saturated carbocycles. The molecule has 0 spiro atoms. The first-order valence-corrected chi connectivity index (χ1v) is 11.4. The molecule has 3 aromatic carbocycles. The molecule has 1 atom stereocenters. The summed E-state index contributed by atoms with van der Waals surface area (Å²) in [5.74, 6) is -0.113. The second kappa shape index (κ2) is 11.9. The Morgan fingerprint density at radius 3 is 2.06 bits per heavy atom. The quantitative estimate of drug-likeness (QED) is 0.415. The number of nitrogens with one attached hydrogen (secondary N) is 1. The van der Waals surface area contributed by atoms with Crippen LogP contribution >= 0.6 is 11.8 Å². The molecule has 9 heteroatoms. The van der Waals surface area contributed by atoms with Crippen molar-refractivity contribution in [3.05, 3.63) is 83.4 Å². The molecule has 0 bridgehead atoms. The van der Waals surface area contributed by atoms with E-state index in [9.17, 15) is 14.4 Å². The van der Waals surface area contributed by atoms with Gasteiger partial charge in [-0.1, -0.05) is 42.5 Å². The second-order valence-electron chi connectivity index (χ2n) is 7.42. The predicted molar refractivity (Wildman–Crippen MR) is 133 cm³/mol. The van der Waals surface area contributed by atoms with Crippen LogP contribution in [0.15, 0.2) is 71.6 Å². The average molecular weight is 495 g/mol. The number of amides is 2. The minimum Gasteiger partial charge on any atom is -0.493 e. The van der Waals surface area contributed by atoms with Crippen molar-refractivity contribution < 1.29 is 28.6 Å². The van der Waals surface area contributed by atoms with Gasteiger partial charge in [0.05, 0.1) is 26.9 Å². The molecule has 0 fully saturated rings. The van der Waals surface area contributed by atoms with E-state index in [1.807, 2.05) is 30.3 Å². The average Bonchev–Trinajstić information content (AvgIpc) is 2.88. The van der Waals surface area contributed by atoms with Gasteiger partial charge in [0.2, 0.25) is 16.8 Å². The number of ether oxygens (including phenoxy) is 3. The Morgan fingerprint density at radius 1 is 0.886 bits per heavy atom. The van der Waals surface area contributed by atoms with Crippen molar-refractivity contribution in [2.45, 2.75) is 17.4 Å². The Morgan fingerprint density at radius 2 is 1.49 bits per heavy atom. The molecular weight excluding hydrogens is 468 g/mol. The highest BCUT2D eigenvalue weighted by molar-refractivity contribution is 8.14. The van der Waals surface area contributed by atoms with Crippen molar-refractivity contribution in [3.63, 3.8) is 0 Å². The summed E-state index contributed by atoms with van der Waals surface area (Å²) >= 11 is 0.875. The van der Waals surface area contributed by atoms with Gasteiger partial charge in [-0.3, -0.25) is 14.4 Å². The van der Waals surface area contributed by atoms with Gasteiger partial charge in [-0.15, -0.1) is 0 Å². The SMILES string of the molecule is COc1cc(C(=O)Sc2ccccc2C(=O)N[C@H](Cc2ccccc2)C(N)=O)cc(OC)c1OC. The van der Waals surface area contributed by atoms with Crippen molar-refractivity contribution in [2.24, 2.45) is 5.73 Å². The topological polar surface area (TPSA) is 117 Å². The molecule has 8 nitrogen and oxygen atoms in total. The molecule has 2 amide bonds. The summed E-state index contributed by atoms with van der Waals surface area (Å²) in [6, 6.07) is 18.1.